The molecule has 5 aromatic heterocycles. The number of hydrogen-bond acceptors (Lipinski definition) is 7. The number of fused-ring (bicyclic) bond motifs is 7. The zero-order valence-electron chi connectivity index (χ0n) is 44.3. The van der Waals surface area contributed by atoms with Crippen molar-refractivity contribution in [2.75, 3.05) is 0 Å². The summed E-state index contributed by atoms with van der Waals surface area (Å²) in [6.45, 7) is 0. The van der Waals surface area contributed by atoms with Crippen LogP contribution in [-0.2, 0) is 0 Å². The van der Waals surface area contributed by atoms with Gasteiger partial charge in [0.1, 0.15) is 0 Å². The lowest BCUT2D eigenvalue weighted by Gasteiger charge is -2.16. The second-order valence-electron chi connectivity index (χ2n) is 20.8. The lowest BCUT2D eigenvalue weighted by molar-refractivity contribution is -0.718. The van der Waals surface area contributed by atoms with Gasteiger partial charge in [-0.2, -0.15) is 4.98 Å². The van der Waals surface area contributed by atoms with E-state index in [0.717, 1.165) is 121 Å². The summed E-state index contributed by atoms with van der Waals surface area (Å²) in [6.07, 6.45) is 0. The van der Waals surface area contributed by atoms with E-state index in [1.54, 1.807) is 4.80 Å². The van der Waals surface area contributed by atoms with Crippen molar-refractivity contribution < 1.29 is 9.21 Å². The number of para-hydroxylation sites is 5. The van der Waals surface area contributed by atoms with Crippen LogP contribution >= 0.6 is 0 Å². The van der Waals surface area contributed by atoms with Crippen molar-refractivity contribution in [2.24, 2.45) is 0 Å². The molecule has 0 N–H and O–H groups in total. The molecular weight excluding hydrogens is 1020 g/mol. The van der Waals surface area contributed by atoms with E-state index in [4.69, 9.17) is 34.6 Å². The van der Waals surface area contributed by atoms with Crippen molar-refractivity contribution in [3.8, 4) is 74.0 Å². The summed E-state index contributed by atoms with van der Waals surface area (Å²) in [5.41, 5.74) is 12.2. The molecule has 12 aromatic carbocycles. The highest BCUT2D eigenvalue weighted by Crippen LogP contribution is 2.48. The summed E-state index contributed by atoms with van der Waals surface area (Å²) < 4.78 is 12.9. The Morgan fingerprint density at radius 3 is 1.05 bits per heavy atom. The normalized spacial score (nSPS) is 11.9. The highest BCUT2D eigenvalue weighted by Gasteiger charge is 2.29. The van der Waals surface area contributed by atoms with Crippen LogP contribution in [0.4, 0.5) is 0 Å². The SMILES string of the molecule is c1ccc(-c2nc(-c3ccccc3)nc(-c3cc(-n4c5ccccc5c5ccccc54)c4oc5c(-n6c7ccccc7c7ccccc76)cc(-c6nc(-c7ccccc7)n[n+](-c7ccccc7)n6)c6cccc(c7cccc3c47)c65)n2)cc1. The molecule has 10 nitrogen and oxygen atoms in total. The smallest absolute Gasteiger partial charge is 0.268 e. The largest absolute Gasteiger partial charge is 0.452 e. The van der Waals surface area contributed by atoms with Gasteiger partial charge in [-0.05, 0) is 57.9 Å². The summed E-state index contributed by atoms with van der Waals surface area (Å²) in [4.78, 5) is 23.1. The van der Waals surface area contributed by atoms with Crippen molar-refractivity contribution in [3.63, 3.8) is 0 Å². The number of rotatable bonds is 8. The molecule has 386 valence electrons. The van der Waals surface area contributed by atoms with E-state index in [1.807, 2.05) is 97.1 Å². The number of aromatic nitrogens is 9. The maximum Gasteiger partial charge on any atom is 0.268 e. The standard InChI is InChI=1S/C73H44N9O/c1-5-23-45(24-6-1)69-74-70(46-25-7-2-8-26-46)76-72(75-69)57-43-63(80-59-39-17-13-31-49(59)50-32-14-18-40-60(50)80)67-65-53(35-21-37-55(57)65)54-36-22-38-56-58(73-77-71(47-27-9-3-10-28-47)78-82(79-73)48-29-11-4-12-30-48)44-64(68(83-67)66(54)56)81-61-41-19-15-33-51(61)52-34-16-20-42-62(52)81/h1-44H/q+1. The molecule has 0 fully saturated rings. The minimum atomic E-state index is 0.500. The van der Waals surface area contributed by atoms with E-state index in [-0.39, 0.29) is 0 Å². The van der Waals surface area contributed by atoms with Crippen molar-refractivity contribution in [3.05, 3.63) is 267 Å². The molecule has 0 aliphatic rings. The van der Waals surface area contributed by atoms with Gasteiger partial charge < -0.3 is 13.6 Å². The fraction of sp³-hybridized carbons (Fsp3) is 0. The first-order valence-corrected chi connectivity index (χ1v) is 27.7. The van der Waals surface area contributed by atoms with Gasteiger partial charge in [-0.3, -0.25) is 0 Å². The Labute approximate surface area is 474 Å². The highest BCUT2D eigenvalue weighted by atomic mass is 16.3. The van der Waals surface area contributed by atoms with Gasteiger partial charge in [-0.15, -0.1) is 0 Å². The monoisotopic (exact) mass is 1060 g/mol. The Bertz CT molecular complexity index is 4880. The van der Waals surface area contributed by atoms with E-state index in [0.29, 0.717) is 40.3 Å². The molecule has 17 rings (SSSR count). The quantitative estimate of drug-likeness (QED) is 0.140. The third kappa shape index (κ3) is 7.33. The maximum atomic E-state index is 8.15. The number of nitrogens with zero attached hydrogens (tertiary/aromatic N) is 9. The van der Waals surface area contributed by atoms with Gasteiger partial charge in [0.05, 0.1) is 48.4 Å². The van der Waals surface area contributed by atoms with Crippen LogP contribution in [0.5, 0.6) is 0 Å². The molecule has 0 saturated heterocycles. The van der Waals surface area contributed by atoms with Crippen LogP contribution in [0.3, 0.4) is 0 Å². The fourth-order valence-electron chi connectivity index (χ4n) is 12.5. The molecular formula is C73H44N9O+. The maximum absolute atomic E-state index is 8.15. The first kappa shape index (κ1) is 46.4. The first-order valence-electron chi connectivity index (χ1n) is 27.7. The van der Waals surface area contributed by atoms with Gasteiger partial charge in [0, 0.05) is 72.3 Å². The Morgan fingerprint density at radius 2 is 0.602 bits per heavy atom. The van der Waals surface area contributed by atoms with Gasteiger partial charge in [-0.1, -0.05) is 218 Å². The third-order valence-corrected chi connectivity index (χ3v) is 16.1. The van der Waals surface area contributed by atoms with Crippen LogP contribution in [0, 0.1) is 0 Å². The predicted molar refractivity (Wildman–Crippen MR) is 333 cm³/mol. The average molecular weight is 1060 g/mol. The van der Waals surface area contributed by atoms with E-state index < -0.39 is 0 Å². The molecule has 17 aromatic rings. The zero-order chi connectivity index (χ0) is 54.5. The van der Waals surface area contributed by atoms with Crippen molar-refractivity contribution >= 4 is 87.1 Å². The van der Waals surface area contributed by atoms with Gasteiger partial charge >= 0.3 is 0 Å². The van der Waals surface area contributed by atoms with E-state index >= 15 is 0 Å². The molecule has 0 aliphatic heterocycles. The fourth-order valence-corrected chi connectivity index (χ4v) is 12.5. The lowest BCUT2D eigenvalue weighted by atomic mass is 9.94. The van der Waals surface area contributed by atoms with Crippen LogP contribution in [0.1, 0.15) is 0 Å². The van der Waals surface area contributed by atoms with Crippen molar-refractivity contribution in [1.82, 2.24) is 39.3 Å². The van der Waals surface area contributed by atoms with E-state index in [9.17, 15) is 0 Å². The average Bonchev–Trinajstić information content (AvgIpc) is 2.11. The Morgan fingerprint density at radius 1 is 0.277 bits per heavy atom. The van der Waals surface area contributed by atoms with Gasteiger partial charge in [-0.25, -0.2) is 15.0 Å². The molecule has 0 saturated carbocycles. The molecule has 83 heavy (non-hydrogen) atoms. The number of benzene rings is 12. The summed E-state index contributed by atoms with van der Waals surface area (Å²) >= 11 is 0. The Balaban J connectivity index is 1.08. The Kier molecular flexibility index (Phi) is 10.4. The Hall–Kier alpha value is -11.5. The molecule has 5 heterocycles. The second-order valence-corrected chi connectivity index (χ2v) is 20.8. The van der Waals surface area contributed by atoms with Gasteiger partial charge in [0.25, 0.3) is 5.69 Å². The molecule has 0 atom stereocenters. The summed E-state index contributed by atoms with van der Waals surface area (Å²) in [5, 5.41) is 20.5. The molecule has 10 heteroatoms. The first-order chi connectivity index (χ1) is 41.2. The van der Waals surface area contributed by atoms with Crippen LogP contribution in [-0.4, -0.2) is 39.3 Å². The van der Waals surface area contributed by atoms with E-state index in [2.05, 4.69) is 179 Å². The van der Waals surface area contributed by atoms with Crippen LogP contribution in [0.2, 0.25) is 0 Å². The third-order valence-electron chi connectivity index (χ3n) is 16.1. The minimum absolute atomic E-state index is 0.500. The van der Waals surface area contributed by atoms with Crippen LogP contribution in [0.25, 0.3) is 161 Å². The molecule has 0 aliphatic carbocycles. The minimum Gasteiger partial charge on any atom is -0.452 e. The van der Waals surface area contributed by atoms with Crippen LogP contribution < -0.4 is 4.80 Å². The molecule has 0 radical (unpaired) electrons. The summed E-state index contributed by atoms with van der Waals surface area (Å²) in [6, 6.07) is 92.5. The summed E-state index contributed by atoms with van der Waals surface area (Å²) in [5.74, 6) is 2.72. The number of hydrogen-bond donors (Lipinski definition) is 0. The van der Waals surface area contributed by atoms with E-state index in [1.165, 1.54) is 0 Å². The van der Waals surface area contributed by atoms with Crippen LogP contribution in [0.15, 0.2) is 271 Å². The highest BCUT2D eigenvalue weighted by molar-refractivity contribution is 6.29. The summed E-state index contributed by atoms with van der Waals surface area (Å²) in [7, 11) is 0. The van der Waals surface area contributed by atoms with Crippen molar-refractivity contribution in [2.45, 2.75) is 0 Å². The topological polar surface area (TPSA) is 104 Å². The molecule has 0 unspecified atom stereocenters. The lowest BCUT2D eigenvalue weighted by Crippen LogP contribution is -2.41. The van der Waals surface area contributed by atoms with Gasteiger partial charge in [0.2, 0.25) is 11.6 Å². The predicted octanol–water partition coefficient (Wildman–Crippen LogP) is 17.1. The zero-order valence-corrected chi connectivity index (χ0v) is 44.3. The van der Waals surface area contributed by atoms with Gasteiger partial charge in [0.15, 0.2) is 28.6 Å². The molecule has 0 amide bonds. The molecule has 0 bridgehead atoms. The molecule has 0 spiro atoms. The second kappa shape index (κ2) is 18.6. The van der Waals surface area contributed by atoms with Crippen molar-refractivity contribution in [1.29, 1.82) is 0 Å².